The van der Waals surface area contributed by atoms with Crippen molar-refractivity contribution in [3.05, 3.63) is 64.7 Å². The van der Waals surface area contributed by atoms with Crippen LogP contribution < -0.4 is 4.74 Å². The van der Waals surface area contributed by atoms with Gasteiger partial charge in [0.2, 0.25) is 5.91 Å². The van der Waals surface area contributed by atoms with Crippen LogP contribution in [0.25, 0.3) is 0 Å². The number of nitrogens with zero attached hydrogens (tertiary/aromatic N) is 2. The molecule has 36 heavy (non-hydrogen) atoms. The molecule has 2 aromatic carbocycles. The molecule has 3 aliphatic rings. The standard InChI is InChI=1S/C30H37ClN2O3/c1-21(36-24-10-11-25(26(31)19-24)27(34)32(2)3)18-23-20-29(23)14-16-33(17-15-29)28(35)30(12-7-13-30)22-8-5-4-6-9-22/h4-6,8-11,19,21,23H,7,12-18,20H2,1-3H3. The Morgan fingerprint density at radius 1 is 1.08 bits per heavy atom. The van der Waals surface area contributed by atoms with Gasteiger partial charge in [-0.15, -0.1) is 0 Å². The Morgan fingerprint density at radius 3 is 2.36 bits per heavy atom. The van der Waals surface area contributed by atoms with E-state index in [2.05, 4.69) is 36.1 Å². The van der Waals surface area contributed by atoms with E-state index in [0.717, 1.165) is 51.6 Å². The lowest BCUT2D eigenvalue weighted by molar-refractivity contribution is -0.142. The number of benzene rings is 2. The smallest absolute Gasteiger partial charge is 0.254 e. The fourth-order valence-corrected chi connectivity index (χ4v) is 6.66. The first kappa shape index (κ1) is 25.1. The van der Waals surface area contributed by atoms with Crippen LogP contribution in [-0.4, -0.2) is 54.9 Å². The Hall–Kier alpha value is -2.53. The van der Waals surface area contributed by atoms with Crippen LogP contribution in [0.5, 0.6) is 5.75 Å². The largest absolute Gasteiger partial charge is 0.491 e. The zero-order valence-electron chi connectivity index (χ0n) is 21.6. The Morgan fingerprint density at radius 2 is 1.78 bits per heavy atom. The molecule has 1 spiro atoms. The molecule has 2 amide bonds. The topological polar surface area (TPSA) is 49.9 Å². The third-order valence-corrected chi connectivity index (χ3v) is 9.19. The highest BCUT2D eigenvalue weighted by Gasteiger charge is 2.56. The Kier molecular flexibility index (Phi) is 6.80. The highest BCUT2D eigenvalue weighted by Crippen LogP contribution is 2.61. The van der Waals surface area contributed by atoms with Gasteiger partial charge in [-0.05, 0) is 80.5 Å². The van der Waals surface area contributed by atoms with Crippen LogP contribution in [0.3, 0.4) is 0 Å². The van der Waals surface area contributed by atoms with E-state index in [4.69, 9.17) is 16.3 Å². The molecule has 0 bridgehead atoms. The summed E-state index contributed by atoms with van der Waals surface area (Å²) in [5.74, 6) is 1.57. The van der Waals surface area contributed by atoms with Crippen molar-refractivity contribution in [2.45, 2.75) is 63.4 Å². The zero-order chi connectivity index (χ0) is 25.5. The Balaban J connectivity index is 1.13. The molecule has 2 atom stereocenters. The second-order valence-corrected chi connectivity index (χ2v) is 11.8. The number of hydrogen-bond acceptors (Lipinski definition) is 3. The van der Waals surface area contributed by atoms with Gasteiger partial charge in [0.25, 0.3) is 5.91 Å². The number of carbonyl (C=O) groups is 2. The fourth-order valence-electron chi connectivity index (χ4n) is 6.41. The zero-order valence-corrected chi connectivity index (χ0v) is 22.4. The van der Waals surface area contributed by atoms with E-state index in [-0.39, 0.29) is 17.4 Å². The molecule has 0 aromatic heterocycles. The highest BCUT2D eigenvalue weighted by molar-refractivity contribution is 6.34. The molecular formula is C30H37ClN2O3. The second kappa shape index (κ2) is 9.74. The van der Waals surface area contributed by atoms with Gasteiger partial charge in [-0.3, -0.25) is 9.59 Å². The monoisotopic (exact) mass is 508 g/mol. The van der Waals surface area contributed by atoms with E-state index >= 15 is 0 Å². The molecule has 2 saturated carbocycles. The maximum atomic E-state index is 13.6. The van der Waals surface area contributed by atoms with Crippen LogP contribution in [0, 0.1) is 11.3 Å². The summed E-state index contributed by atoms with van der Waals surface area (Å²) in [6.45, 7) is 3.85. The lowest BCUT2D eigenvalue weighted by atomic mass is 9.63. The van der Waals surface area contributed by atoms with Crippen LogP contribution >= 0.6 is 11.6 Å². The molecule has 5 rings (SSSR count). The molecule has 2 unspecified atom stereocenters. The van der Waals surface area contributed by atoms with Crippen LogP contribution in [0.15, 0.2) is 48.5 Å². The number of rotatable bonds is 7. The maximum Gasteiger partial charge on any atom is 0.254 e. The van der Waals surface area contributed by atoms with Crippen molar-refractivity contribution >= 4 is 23.4 Å². The van der Waals surface area contributed by atoms with E-state index in [1.807, 2.05) is 12.1 Å². The molecule has 2 aliphatic carbocycles. The highest BCUT2D eigenvalue weighted by atomic mass is 35.5. The van der Waals surface area contributed by atoms with E-state index in [1.165, 1.54) is 16.9 Å². The summed E-state index contributed by atoms with van der Waals surface area (Å²) in [7, 11) is 3.43. The Bertz CT molecular complexity index is 1120. The normalized spacial score (nSPS) is 22.4. The van der Waals surface area contributed by atoms with Gasteiger partial charge < -0.3 is 14.5 Å². The Labute approximate surface area is 219 Å². The molecule has 1 aliphatic heterocycles. The van der Waals surface area contributed by atoms with Crippen molar-refractivity contribution in [3.8, 4) is 5.75 Å². The first-order valence-electron chi connectivity index (χ1n) is 13.3. The average molecular weight is 509 g/mol. The number of piperidine rings is 1. The lowest BCUT2D eigenvalue weighted by Gasteiger charge is -2.46. The number of likely N-dealkylation sites (tertiary alicyclic amines) is 1. The van der Waals surface area contributed by atoms with Crippen LogP contribution in [0.2, 0.25) is 5.02 Å². The third-order valence-electron chi connectivity index (χ3n) is 8.88. The molecule has 0 radical (unpaired) electrons. The van der Waals surface area contributed by atoms with E-state index in [9.17, 15) is 9.59 Å². The summed E-state index contributed by atoms with van der Waals surface area (Å²) >= 11 is 6.35. The molecule has 6 heteroatoms. The minimum Gasteiger partial charge on any atom is -0.491 e. The second-order valence-electron chi connectivity index (χ2n) is 11.4. The molecular weight excluding hydrogens is 472 g/mol. The van der Waals surface area contributed by atoms with Gasteiger partial charge in [0.15, 0.2) is 0 Å². The van der Waals surface area contributed by atoms with E-state index in [1.54, 1.807) is 26.2 Å². The van der Waals surface area contributed by atoms with Crippen LogP contribution in [0.4, 0.5) is 0 Å². The first-order valence-corrected chi connectivity index (χ1v) is 13.6. The molecule has 1 heterocycles. The minimum atomic E-state index is -0.287. The summed E-state index contributed by atoms with van der Waals surface area (Å²) in [4.78, 5) is 29.5. The fraction of sp³-hybridized carbons (Fsp3) is 0.533. The van der Waals surface area contributed by atoms with Crippen molar-refractivity contribution in [3.63, 3.8) is 0 Å². The predicted molar refractivity (Wildman–Crippen MR) is 143 cm³/mol. The van der Waals surface area contributed by atoms with E-state index in [0.29, 0.717) is 33.6 Å². The quantitative estimate of drug-likeness (QED) is 0.464. The molecule has 2 aromatic rings. The molecule has 5 nitrogen and oxygen atoms in total. The van der Waals surface area contributed by atoms with Gasteiger partial charge in [0.1, 0.15) is 5.75 Å². The van der Waals surface area contributed by atoms with E-state index < -0.39 is 0 Å². The average Bonchev–Trinajstić information content (AvgIpc) is 3.49. The van der Waals surface area contributed by atoms with Crippen molar-refractivity contribution < 1.29 is 14.3 Å². The SMILES string of the molecule is CC(CC1CC12CCN(C(=O)C1(c3ccccc3)CCC1)CC2)Oc1ccc(C(=O)N(C)C)c(Cl)c1. The number of carbonyl (C=O) groups excluding carboxylic acids is 2. The molecule has 192 valence electrons. The number of ether oxygens (including phenoxy) is 1. The lowest BCUT2D eigenvalue weighted by Crippen LogP contribution is -2.53. The maximum absolute atomic E-state index is 13.6. The van der Waals surface area contributed by atoms with Crippen molar-refractivity contribution in [2.75, 3.05) is 27.2 Å². The van der Waals surface area contributed by atoms with Gasteiger partial charge in [-0.2, -0.15) is 0 Å². The first-order chi connectivity index (χ1) is 17.2. The number of amides is 2. The number of halogens is 1. The summed E-state index contributed by atoms with van der Waals surface area (Å²) in [5.41, 5.74) is 1.76. The molecule has 0 N–H and O–H groups in total. The van der Waals surface area contributed by atoms with Crippen LogP contribution in [0.1, 0.15) is 67.8 Å². The van der Waals surface area contributed by atoms with Crippen molar-refractivity contribution in [1.29, 1.82) is 0 Å². The van der Waals surface area contributed by atoms with Gasteiger partial charge in [-0.1, -0.05) is 48.4 Å². The summed E-state index contributed by atoms with van der Waals surface area (Å²) in [6, 6.07) is 15.7. The summed E-state index contributed by atoms with van der Waals surface area (Å²) in [6.07, 6.45) is 7.56. The van der Waals surface area contributed by atoms with Gasteiger partial charge in [0, 0.05) is 27.2 Å². The van der Waals surface area contributed by atoms with Gasteiger partial charge in [0.05, 0.1) is 22.1 Å². The van der Waals surface area contributed by atoms with Crippen molar-refractivity contribution in [2.24, 2.45) is 11.3 Å². The molecule has 3 fully saturated rings. The summed E-state index contributed by atoms with van der Waals surface area (Å²) < 4.78 is 6.18. The van der Waals surface area contributed by atoms with Crippen LogP contribution in [-0.2, 0) is 10.2 Å². The minimum absolute atomic E-state index is 0.0665. The third kappa shape index (κ3) is 4.63. The molecule has 1 saturated heterocycles. The van der Waals surface area contributed by atoms with Crippen molar-refractivity contribution in [1.82, 2.24) is 9.80 Å². The predicted octanol–water partition coefficient (Wildman–Crippen LogP) is 5.95. The number of hydrogen-bond donors (Lipinski definition) is 0. The summed E-state index contributed by atoms with van der Waals surface area (Å²) in [5, 5.41) is 0.415. The van der Waals surface area contributed by atoms with Gasteiger partial charge >= 0.3 is 0 Å². The van der Waals surface area contributed by atoms with Gasteiger partial charge in [-0.25, -0.2) is 0 Å².